The van der Waals surface area contributed by atoms with E-state index >= 15 is 4.39 Å². The Morgan fingerprint density at radius 1 is 1.14 bits per heavy atom. The maximum absolute atomic E-state index is 15.3. The van der Waals surface area contributed by atoms with Gasteiger partial charge in [-0.15, -0.1) is 0 Å². The van der Waals surface area contributed by atoms with Crippen molar-refractivity contribution in [2.75, 3.05) is 20.3 Å². The third-order valence-electron chi connectivity index (χ3n) is 9.19. The topological polar surface area (TPSA) is 142 Å². The van der Waals surface area contributed by atoms with Crippen LogP contribution in [0, 0.1) is 11.6 Å². The standard InChI is InChI=1S/C35H29ClF3N5O5/c1-33(32(40)46)17-49-30-22(33)13-27(42-29(30)21-12-23(36)25(38)14-24(21)37)35(47,20-6-4-3-5-7-20)16-41-31(45)18-10-19-15-44(34(39)8-9-34)43-28(19)26(11-18)48-2/h3-7,10-15,47H,8-9,16-17H2,1-2H3,(H2,40,46)(H,41,45)/t33-,35+/m0/s1. The summed E-state index contributed by atoms with van der Waals surface area (Å²) in [5, 5.41) is 19.7. The molecule has 1 aliphatic heterocycles. The summed E-state index contributed by atoms with van der Waals surface area (Å²) in [6.07, 6.45) is 2.17. The van der Waals surface area contributed by atoms with Crippen LogP contribution in [0.4, 0.5) is 13.2 Å². The molecule has 0 spiro atoms. The summed E-state index contributed by atoms with van der Waals surface area (Å²) in [4.78, 5) is 31.0. The zero-order valence-corrected chi connectivity index (χ0v) is 26.9. The Morgan fingerprint density at radius 2 is 1.88 bits per heavy atom. The molecule has 0 saturated heterocycles. The minimum Gasteiger partial charge on any atom is -0.494 e. The Bertz CT molecular complexity index is 2180. The highest BCUT2D eigenvalue weighted by Crippen LogP contribution is 2.48. The first-order chi connectivity index (χ1) is 23.3. The van der Waals surface area contributed by atoms with E-state index in [0.717, 1.165) is 6.07 Å². The number of benzene rings is 3. The van der Waals surface area contributed by atoms with E-state index in [1.807, 2.05) is 0 Å². The lowest BCUT2D eigenvalue weighted by Crippen LogP contribution is -2.43. The molecule has 3 heterocycles. The van der Waals surface area contributed by atoms with Crippen LogP contribution in [0.2, 0.25) is 5.02 Å². The highest BCUT2D eigenvalue weighted by atomic mass is 35.5. The molecule has 2 aliphatic rings. The SMILES string of the molecule is COc1cc(C(=O)NC[C@@](O)(c2ccccc2)c2cc3c(c(-c4cc(Cl)c(F)cc4F)n2)OC[C@]3(C)C(N)=O)cc2cn(C3(F)CC3)nc12. The number of nitrogens with zero attached hydrogens (tertiary/aromatic N) is 3. The number of aromatic nitrogens is 3. The molecule has 0 bridgehead atoms. The largest absolute Gasteiger partial charge is 0.494 e. The van der Waals surface area contributed by atoms with Crippen molar-refractivity contribution in [3.63, 3.8) is 0 Å². The number of rotatable bonds is 9. The normalized spacial score (nSPS) is 18.8. The number of methoxy groups -OCH3 is 1. The van der Waals surface area contributed by atoms with Gasteiger partial charge >= 0.3 is 0 Å². The number of nitrogens with one attached hydrogen (secondary N) is 1. The number of primary amides is 1. The first-order valence-electron chi connectivity index (χ1n) is 15.2. The predicted octanol–water partition coefficient (Wildman–Crippen LogP) is 5.26. The smallest absolute Gasteiger partial charge is 0.251 e. The fraction of sp³-hybridized carbons (Fsp3) is 0.257. The first-order valence-corrected chi connectivity index (χ1v) is 15.6. The molecule has 14 heteroatoms. The Balaban J connectivity index is 1.33. The van der Waals surface area contributed by atoms with E-state index in [0.29, 0.717) is 29.8 Å². The first kappa shape index (κ1) is 32.4. The fourth-order valence-electron chi connectivity index (χ4n) is 5.98. The summed E-state index contributed by atoms with van der Waals surface area (Å²) in [6.45, 7) is 0.859. The van der Waals surface area contributed by atoms with E-state index in [1.165, 1.54) is 43.1 Å². The van der Waals surface area contributed by atoms with Crippen LogP contribution in [0.5, 0.6) is 11.5 Å². The second-order valence-electron chi connectivity index (χ2n) is 12.5. The van der Waals surface area contributed by atoms with Gasteiger partial charge in [-0.25, -0.2) is 22.8 Å². The number of hydrogen-bond acceptors (Lipinski definition) is 7. The number of pyridine rings is 1. The molecule has 7 rings (SSSR count). The number of carbonyl (C=O) groups is 2. The zero-order chi connectivity index (χ0) is 34.9. The number of halogens is 4. The number of carbonyl (C=O) groups excluding carboxylic acids is 2. The van der Waals surface area contributed by atoms with Crippen molar-refractivity contribution in [1.29, 1.82) is 0 Å². The highest BCUT2D eigenvalue weighted by molar-refractivity contribution is 6.31. The third-order valence-corrected chi connectivity index (χ3v) is 9.48. The summed E-state index contributed by atoms with van der Waals surface area (Å²) in [7, 11) is 1.41. The van der Waals surface area contributed by atoms with Crippen LogP contribution in [-0.2, 0) is 21.6 Å². The fourth-order valence-corrected chi connectivity index (χ4v) is 6.14. The minimum atomic E-state index is -2.09. The van der Waals surface area contributed by atoms with Gasteiger partial charge in [0.25, 0.3) is 5.91 Å². The number of ether oxygens (including phenoxy) is 2. The average Bonchev–Trinajstić information content (AvgIpc) is 3.52. The van der Waals surface area contributed by atoms with Crippen molar-refractivity contribution in [3.05, 3.63) is 106 Å². The average molecular weight is 692 g/mol. The second-order valence-corrected chi connectivity index (χ2v) is 12.9. The van der Waals surface area contributed by atoms with E-state index in [9.17, 15) is 23.5 Å². The monoisotopic (exact) mass is 691 g/mol. The van der Waals surface area contributed by atoms with E-state index in [4.69, 9.17) is 26.8 Å². The molecule has 4 N–H and O–H groups in total. The molecule has 49 heavy (non-hydrogen) atoms. The van der Waals surface area contributed by atoms with Gasteiger partial charge in [0.1, 0.15) is 52.0 Å². The Labute approximate surface area is 282 Å². The van der Waals surface area contributed by atoms with Crippen molar-refractivity contribution in [3.8, 4) is 22.8 Å². The molecule has 10 nitrogen and oxygen atoms in total. The van der Waals surface area contributed by atoms with Crippen molar-refractivity contribution in [1.82, 2.24) is 20.1 Å². The maximum atomic E-state index is 15.3. The van der Waals surface area contributed by atoms with Crippen LogP contribution < -0.4 is 20.5 Å². The number of hydrogen-bond donors (Lipinski definition) is 3. The van der Waals surface area contributed by atoms with Gasteiger partial charge in [0, 0.05) is 47.2 Å². The Morgan fingerprint density at radius 3 is 2.55 bits per heavy atom. The number of nitrogens with two attached hydrogens (primary N) is 1. The van der Waals surface area contributed by atoms with Crippen molar-refractivity contribution >= 4 is 34.3 Å². The Kier molecular flexibility index (Phi) is 7.60. The molecule has 2 amide bonds. The molecule has 0 unspecified atom stereocenters. The maximum Gasteiger partial charge on any atom is 0.251 e. The molecule has 252 valence electrons. The van der Waals surface area contributed by atoms with E-state index in [-0.39, 0.29) is 51.7 Å². The molecule has 2 aromatic heterocycles. The predicted molar refractivity (Wildman–Crippen MR) is 173 cm³/mol. The quantitative estimate of drug-likeness (QED) is 0.179. The third kappa shape index (κ3) is 5.33. The van der Waals surface area contributed by atoms with Crippen LogP contribution in [-0.4, -0.2) is 51.9 Å². The summed E-state index contributed by atoms with van der Waals surface area (Å²) >= 11 is 6.03. The number of fused-ring (bicyclic) bond motifs is 2. The van der Waals surface area contributed by atoms with Gasteiger partial charge in [-0.05, 0) is 36.8 Å². The second kappa shape index (κ2) is 11.5. The number of amides is 2. The van der Waals surface area contributed by atoms with Gasteiger partial charge < -0.3 is 25.6 Å². The molecule has 1 saturated carbocycles. The van der Waals surface area contributed by atoms with Crippen LogP contribution in [0.1, 0.15) is 46.9 Å². The summed E-state index contributed by atoms with van der Waals surface area (Å²) < 4.78 is 56.8. The molecule has 3 aromatic carbocycles. The van der Waals surface area contributed by atoms with Gasteiger partial charge in [-0.3, -0.25) is 9.59 Å². The summed E-state index contributed by atoms with van der Waals surface area (Å²) in [6, 6.07) is 14.3. The molecule has 1 fully saturated rings. The summed E-state index contributed by atoms with van der Waals surface area (Å²) in [5.74, 6) is -4.70. The molecular weight excluding hydrogens is 663 g/mol. The van der Waals surface area contributed by atoms with E-state index in [2.05, 4.69) is 15.4 Å². The number of alkyl halides is 1. The van der Waals surface area contributed by atoms with Crippen molar-refractivity contribution in [2.24, 2.45) is 5.73 Å². The van der Waals surface area contributed by atoms with E-state index in [1.54, 1.807) is 30.3 Å². The van der Waals surface area contributed by atoms with Crippen molar-refractivity contribution < 1.29 is 37.3 Å². The van der Waals surface area contributed by atoms with Crippen LogP contribution in [0.3, 0.4) is 0 Å². The molecular formula is C35H29ClF3N5O5. The lowest BCUT2D eigenvalue weighted by Gasteiger charge is -2.30. The van der Waals surface area contributed by atoms with Gasteiger partial charge in [0.05, 0.1) is 24.4 Å². The zero-order valence-electron chi connectivity index (χ0n) is 26.2. The Hall–Kier alpha value is -5.14. The minimum absolute atomic E-state index is 0.00766. The van der Waals surface area contributed by atoms with Crippen LogP contribution in [0.25, 0.3) is 22.2 Å². The lowest BCUT2D eigenvalue weighted by molar-refractivity contribution is -0.123. The van der Waals surface area contributed by atoms with Gasteiger partial charge in [0.15, 0.2) is 0 Å². The number of aliphatic hydroxyl groups is 1. The van der Waals surface area contributed by atoms with Crippen LogP contribution in [0.15, 0.2) is 66.9 Å². The highest BCUT2D eigenvalue weighted by Gasteiger charge is 2.47. The van der Waals surface area contributed by atoms with Gasteiger partial charge in [0.2, 0.25) is 11.7 Å². The molecule has 1 aliphatic carbocycles. The van der Waals surface area contributed by atoms with E-state index < -0.39 is 51.8 Å². The van der Waals surface area contributed by atoms with Gasteiger partial charge in [-0.1, -0.05) is 41.9 Å². The molecule has 0 radical (unpaired) electrons. The lowest BCUT2D eigenvalue weighted by atomic mass is 9.80. The van der Waals surface area contributed by atoms with Gasteiger partial charge in [-0.2, -0.15) is 5.10 Å². The molecule has 5 aromatic rings. The summed E-state index contributed by atoms with van der Waals surface area (Å²) in [5.41, 5.74) is 2.79. The van der Waals surface area contributed by atoms with Crippen LogP contribution >= 0.6 is 11.6 Å². The molecule has 2 atom stereocenters. The van der Waals surface area contributed by atoms with Crippen molar-refractivity contribution in [2.45, 2.75) is 36.6 Å².